The molecule has 5 heteroatoms. The van der Waals surface area contributed by atoms with Crippen LogP contribution in [-0.2, 0) is 0 Å². The van der Waals surface area contributed by atoms with Gasteiger partial charge < -0.3 is 15.1 Å². The number of hydrogen-bond acceptors (Lipinski definition) is 3. The predicted octanol–water partition coefficient (Wildman–Crippen LogP) is 5.68. The third-order valence-electron chi connectivity index (χ3n) is 4.58. The number of carbonyl (C=O) groups is 1. The molecule has 1 N–H and O–H groups in total. The first kappa shape index (κ1) is 20.9. The molecule has 0 aliphatic carbocycles. The van der Waals surface area contributed by atoms with Gasteiger partial charge in [-0.2, -0.15) is 0 Å². The summed E-state index contributed by atoms with van der Waals surface area (Å²) in [7, 11) is 4.15. The van der Waals surface area contributed by atoms with Crippen molar-refractivity contribution in [1.82, 2.24) is 4.90 Å². The maximum atomic E-state index is 12.8. The minimum atomic E-state index is -0.179. The molecule has 0 bridgehead atoms. The molecule has 4 nitrogen and oxygen atoms in total. The number of hydrogen-bond donors (Lipinski definition) is 1. The molecule has 0 fully saturated rings. The van der Waals surface area contributed by atoms with E-state index >= 15 is 0 Å². The number of nitrogens with one attached hydrogen (secondary N) is 1. The fourth-order valence-corrected chi connectivity index (χ4v) is 3.37. The number of amides is 1. The lowest BCUT2D eigenvalue weighted by molar-refractivity contribution is 0.102. The number of nitrogens with zero attached hydrogens (tertiary/aromatic N) is 2. The highest BCUT2D eigenvalue weighted by Crippen LogP contribution is 2.32. The molecule has 3 aromatic carbocycles. The van der Waals surface area contributed by atoms with Gasteiger partial charge in [-0.05, 0) is 69.5 Å². The zero-order chi connectivity index (χ0) is 20.6. The molecule has 3 rings (SSSR count). The van der Waals surface area contributed by atoms with E-state index in [1.54, 1.807) is 24.3 Å². The highest BCUT2D eigenvalue weighted by atomic mass is 35.5. The van der Waals surface area contributed by atoms with Crippen molar-refractivity contribution in [3.05, 3.63) is 89.4 Å². The first-order chi connectivity index (χ1) is 14.0. The maximum Gasteiger partial charge on any atom is 0.255 e. The summed E-state index contributed by atoms with van der Waals surface area (Å²) in [4.78, 5) is 17.2. The van der Waals surface area contributed by atoms with Crippen molar-refractivity contribution in [2.75, 3.05) is 37.4 Å². The van der Waals surface area contributed by atoms with Gasteiger partial charge in [0.2, 0.25) is 0 Å². The smallest absolute Gasteiger partial charge is 0.255 e. The molecular weight excluding hydrogens is 382 g/mol. The third-order valence-corrected chi connectivity index (χ3v) is 4.82. The van der Waals surface area contributed by atoms with Crippen molar-refractivity contribution in [3.63, 3.8) is 0 Å². The van der Waals surface area contributed by atoms with Gasteiger partial charge in [-0.25, -0.2) is 0 Å². The maximum absolute atomic E-state index is 12.8. The molecule has 29 heavy (non-hydrogen) atoms. The molecule has 150 valence electrons. The van der Waals surface area contributed by atoms with Gasteiger partial charge in [0, 0.05) is 22.8 Å². The Hall–Kier alpha value is -2.82. The summed E-state index contributed by atoms with van der Waals surface area (Å²) in [5, 5.41) is 3.60. The second-order valence-electron chi connectivity index (χ2n) is 7.13. The van der Waals surface area contributed by atoms with Crippen LogP contribution in [0, 0.1) is 0 Å². The molecule has 0 heterocycles. The van der Waals surface area contributed by atoms with E-state index < -0.39 is 0 Å². The summed E-state index contributed by atoms with van der Waals surface area (Å²) in [5.41, 5.74) is 3.36. The molecule has 0 radical (unpaired) electrons. The Morgan fingerprint density at radius 1 is 0.897 bits per heavy atom. The second-order valence-corrected chi connectivity index (χ2v) is 7.56. The Balaban J connectivity index is 1.89. The topological polar surface area (TPSA) is 35.6 Å². The van der Waals surface area contributed by atoms with E-state index in [-0.39, 0.29) is 5.91 Å². The van der Waals surface area contributed by atoms with Gasteiger partial charge >= 0.3 is 0 Å². The Morgan fingerprint density at radius 2 is 1.62 bits per heavy atom. The van der Waals surface area contributed by atoms with Crippen LogP contribution < -0.4 is 10.2 Å². The van der Waals surface area contributed by atoms with Gasteiger partial charge in [0.25, 0.3) is 5.91 Å². The SMILES string of the molecule is CN(C)CCCN(c1ccccc1)c1ccccc1NC(=O)c1cccc(Cl)c1. The minimum absolute atomic E-state index is 0.179. The van der Waals surface area contributed by atoms with Crippen molar-refractivity contribution < 1.29 is 4.79 Å². The molecule has 0 aromatic heterocycles. The molecule has 0 aliphatic heterocycles. The largest absolute Gasteiger partial charge is 0.340 e. The predicted molar refractivity (Wildman–Crippen MR) is 122 cm³/mol. The number of benzene rings is 3. The van der Waals surface area contributed by atoms with Crippen molar-refractivity contribution in [1.29, 1.82) is 0 Å². The average Bonchev–Trinajstić information content (AvgIpc) is 2.72. The summed E-state index contributed by atoms with van der Waals surface area (Å²) in [6.45, 7) is 1.83. The van der Waals surface area contributed by atoms with E-state index in [4.69, 9.17) is 11.6 Å². The standard InChI is InChI=1S/C24H26ClN3O/c1-27(2)16-9-17-28(21-12-4-3-5-13-21)23-15-7-6-14-22(23)26-24(29)19-10-8-11-20(25)18-19/h3-8,10-15,18H,9,16-17H2,1-2H3,(H,26,29). The van der Waals surface area contributed by atoms with Crippen molar-refractivity contribution >= 4 is 34.6 Å². The van der Waals surface area contributed by atoms with Gasteiger partial charge in [-0.3, -0.25) is 4.79 Å². The number of halogens is 1. The Bertz CT molecular complexity index is 944. The van der Waals surface area contributed by atoms with Crippen LogP contribution in [0.3, 0.4) is 0 Å². The number of anilines is 3. The molecule has 1 amide bonds. The van der Waals surface area contributed by atoms with Gasteiger partial charge in [-0.1, -0.05) is 48.0 Å². The van der Waals surface area contributed by atoms with Crippen LogP contribution in [0.15, 0.2) is 78.9 Å². The lowest BCUT2D eigenvalue weighted by atomic mass is 10.1. The fourth-order valence-electron chi connectivity index (χ4n) is 3.18. The summed E-state index contributed by atoms with van der Waals surface area (Å²) in [5.74, 6) is -0.179. The minimum Gasteiger partial charge on any atom is -0.340 e. The monoisotopic (exact) mass is 407 g/mol. The van der Waals surface area contributed by atoms with Crippen molar-refractivity contribution in [2.24, 2.45) is 0 Å². The van der Waals surface area contributed by atoms with E-state index in [0.29, 0.717) is 10.6 Å². The van der Waals surface area contributed by atoms with Crippen LogP contribution in [0.1, 0.15) is 16.8 Å². The molecule has 0 atom stereocenters. The van der Waals surface area contributed by atoms with E-state index in [1.807, 2.05) is 42.5 Å². The van der Waals surface area contributed by atoms with Gasteiger partial charge in [0.1, 0.15) is 0 Å². The van der Waals surface area contributed by atoms with Gasteiger partial charge in [-0.15, -0.1) is 0 Å². The van der Waals surface area contributed by atoms with Gasteiger partial charge in [0.15, 0.2) is 0 Å². The number of rotatable bonds is 8. The molecule has 3 aromatic rings. The van der Waals surface area contributed by atoms with Crippen LogP contribution in [-0.4, -0.2) is 38.0 Å². The fraction of sp³-hybridized carbons (Fsp3) is 0.208. The van der Waals surface area contributed by atoms with Gasteiger partial charge in [0.05, 0.1) is 11.4 Å². The van der Waals surface area contributed by atoms with Crippen LogP contribution >= 0.6 is 11.6 Å². The second kappa shape index (κ2) is 10.1. The highest BCUT2D eigenvalue weighted by Gasteiger charge is 2.15. The zero-order valence-electron chi connectivity index (χ0n) is 16.8. The first-order valence-corrected chi connectivity index (χ1v) is 10.1. The Kier molecular flexibility index (Phi) is 7.28. The lowest BCUT2D eigenvalue weighted by Gasteiger charge is -2.28. The van der Waals surface area contributed by atoms with Crippen LogP contribution in [0.25, 0.3) is 0 Å². The van der Waals surface area contributed by atoms with E-state index in [0.717, 1.165) is 36.6 Å². The average molecular weight is 408 g/mol. The van der Waals surface area contributed by atoms with Crippen LogP contribution in [0.2, 0.25) is 5.02 Å². The molecule has 0 aliphatic rings. The first-order valence-electron chi connectivity index (χ1n) is 9.68. The molecule has 0 saturated carbocycles. The molecular formula is C24H26ClN3O. The Morgan fingerprint density at radius 3 is 2.34 bits per heavy atom. The summed E-state index contributed by atoms with van der Waals surface area (Å²) in [6.07, 6.45) is 0.998. The zero-order valence-corrected chi connectivity index (χ0v) is 17.6. The van der Waals surface area contributed by atoms with Crippen LogP contribution in [0.5, 0.6) is 0 Å². The third kappa shape index (κ3) is 5.83. The van der Waals surface area contributed by atoms with Crippen molar-refractivity contribution in [2.45, 2.75) is 6.42 Å². The summed E-state index contributed by atoms with van der Waals surface area (Å²) >= 11 is 6.04. The van der Waals surface area contributed by atoms with E-state index in [1.165, 1.54) is 0 Å². The number of carbonyl (C=O) groups excluding carboxylic acids is 1. The number of para-hydroxylation sites is 3. The van der Waals surface area contributed by atoms with E-state index in [2.05, 4.69) is 41.3 Å². The Labute approximate surface area is 177 Å². The van der Waals surface area contributed by atoms with Crippen molar-refractivity contribution in [3.8, 4) is 0 Å². The highest BCUT2D eigenvalue weighted by molar-refractivity contribution is 6.31. The normalized spacial score (nSPS) is 10.8. The van der Waals surface area contributed by atoms with Crippen LogP contribution in [0.4, 0.5) is 17.1 Å². The quantitative estimate of drug-likeness (QED) is 0.521. The summed E-state index contributed by atoms with van der Waals surface area (Å²) in [6, 6.07) is 25.1. The van der Waals surface area contributed by atoms with E-state index in [9.17, 15) is 4.79 Å². The summed E-state index contributed by atoms with van der Waals surface area (Å²) < 4.78 is 0. The molecule has 0 saturated heterocycles. The molecule has 0 unspecified atom stereocenters. The lowest BCUT2D eigenvalue weighted by Crippen LogP contribution is -2.24. The molecule has 0 spiro atoms.